The smallest absolute Gasteiger partial charge is 0.293 e. The fourth-order valence-corrected chi connectivity index (χ4v) is 2.30. The zero-order valence-electron chi connectivity index (χ0n) is 12.8. The lowest BCUT2D eigenvalue weighted by Crippen LogP contribution is -2.03. The summed E-state index contributed by atoms with van der Waals surface area (Å²) in [6.45, 7) is 10.3. The van der Waals surface area contributed by atoms with Crippen LogP contribution in [0.1, 0.15) is 72.6 Å². The molecule has 0 heterocycles. The van der Waals surface area contributed by atoms with Gasteiger partial charge in [0.1, 0.15) is 0 Å². The summed E-state index contributed by atoms with van der Waals surface area (Å²) in [4.78, 5) is 10.0. The summed E-state index contributed by atoms with van der Waals surface area (Å²) in [7, 11) is 0. The van der Waals surface area contributed by atoms with Crippen molar-refractivity contribution < 1.29 is 9.53 Å². The molecule has 0 aromatic heterocycles. The highest BCUT2D eigenvalue weighted by atomic mass is 16.5. The largest absolute Gasteiger partial charge is 0.468 e. The van der Waals surface area contributed by atoms with Gasteiger partial charge in [0.2, 0.25) is 0 Å². The maximum Gasteiger partial charge on any atom is 0.293 e. The van der Waals surface area contributed by atoms with E-state index in [9.17, 15) is 4.79 Å². The molecule has 0 saturated carbocycles. The molecule has 2 atom stereocenters. The van der Waals surface area contributed by atoms with Crippen molar-refractivity contribution in [1.29, 1.82) is 0 Å². The Balaban J connectivity index is 3.37. The van der Waals surface area contributed by atoms with Gasteiger partial charge >= 0.3 is 0 Å². The van der Waals surface area contributed by atoms with Gasteiger partial charge < -0.3 is 4.74 Å². The Hall–Kier alpha value is -0.530. The Morgan fingerprint density at radius 2 is 1.33 bits per heavy atom. The quantitative estimate of drug-likeness (QED) is 0.370. The van der Waals surface area contributed by atoms with Crippen LogP contribution in [-0.2, 0) is 9.53 Å². The van der Waals surface area contributed by atoms with Gasteiger partial charge in [-0.15, -0.1) is 0 Å². The van der Waals surface area contributed by atoms with Crippen LogP contribution >= 0.6 is 0 Å². The Morgan fingerprint density at radius 1 is 0.833 bits per heavy atom. The highest BCUT2D eigenvalue weighted by Gasteiger charge is 2.06. The molecule has 0 aromatic carbocycles. The van der Waals surface area contributed by atoms with E-state index in [0.717, 1.165) is 18.3 Å². The topological polar surface area (TPSA) is 26.3 Å². The molecule has 0 aliphatic heterocycles. The van der Waals surface area contributed by atoms with E-state index in [1.807, 2.05) is 0 Å². The zero-order valence-corrected chi connectivity index (χ0v) is 12.8. The molecule has 0 radical (unpaired) electrons. The SMILES string of the molecule is CC(C)CCCC(C)CCCC(C)CCOC=O. The first-order chi connectivity index (χ1) is 8.56. The summed E-state index contributed by atoms with van der Waals surface area (Å²) >= 11 is 0. The van der Waals surface area contributed by atoms with E-state index >= 15 is 0 Å². The number of rotatable bonds is 12. The Bertz CT molecular complexity index is 190. The second-order valence-electron chi connectivity index (χ2n) is 6.22. The third kappa shape index (κ3) is 11.9. The number of hydrogen-bond acceptors (Lipinski definition) is 2. The van der Waals surface area contributed by atoms with Gasteiger partial charge in [0, 0.05) is 0 Å². The van der Waals surface area contributed by atoms with E-state index in [4.69, 9.17) is 4.74 Å². The number of carbonyl (C=O) groups is 1. The van der Waals surface area contributed by atoms with Crippen molar-refractivity contribution >= 4 is 6.47 Å². The maximum absolute atomic E-state index is 10.0. The van der Waals surface area contributed by atoms with E-state index in [1.165, 1.54) is 38.5 Å². The summed E-state index contributed by atoms with van der Waals surface area (Å²) in [5.41, 5.74) is 0. The molecule has 18 heavy (non-hydrogen) atoms. The minimum atomic E-state index is 0.545. The molecule has 0 bridgehead atoms. The average Bonchev–Trinajstić information content (AvgIpc) is 2.29. The summed E-state index contributed by atoms with van der Waals surface area (Å²) in [6.07, 6.45) is 9.03. The maximum atomic E-state index is 10.0. The lowest BCUT2D eigenvalue weighted by molar-refractivity contribution is -0.129. The highest BCUT2D eigenvalue weighted by Crippen LogP contribution is 2.20. The second kappa shape index (κ2) is 11.6. The van der Waals surface area contributed by atoms with Gasteiger partial charge in [-0.3, -0.25) is 4.79 Å². The van der Waals surface area contributed by atoms with Crippen LogP contribution in [-0.4, -0.2) is 13.1 Å². The molecule has 0 aromatic rings. The molecule has 0 N–H and O–H groups in total. The number of ether oxygens (including phenoxy) is 1. The van der Waals surface area contributed by atoms with Crippen molar-refractivity contribution in [2.75, 3.05) is 6.61 Å². The Kier molecular flexibility index (Phi) is 11.2. The highest BCUT2D eigenvalue weighted by molar-refractivity contribution is 5.36. The fourth-order valence-electron chi connectivity index (χ4n) is 2.30. The normalized spacial score (nSPS) is 14.5. The summed E-state index contributed by atoms with van der Waals surface area (Å²) in [5.74, 6) is 2.38. The summed E-state index contributed by atoms with van der Waals surface area (Å²) in [6, 6.07) is 0. The minimum absolute atomic E-state index is 0.545. The molecule has 0 rings (SSSR count). The van der Waals surface area contributed by atoms with Crippen LogP contribution in [0.15, 0.2) is 0 Å². The predicted molar refractivity (Wildman–Crippen MR) is 77.5 cm³/mol. The second-order valence-corrected chi connectivity index (χ2v) is 6.22. The molecule has 0 aliphatic rings. The molecule has 2 nitrogen and oxygen atoms in total. The van der Waals surface area contributed by atoms with Crippen LogP contribution in [0.25, 0.3) is 0 Å². The van der Waals surface area contributed by atoms with Crippen molar-refractivity contribution in [3.63, 3.8) is 0 Å². The molecule has 0 saturated heterocycles. The molecular formula is C16H32O2. The van der Waals surface area contributed by atoms with Crippen molar-refractivity contribution in [2.45, 2.75) is 72.6 Å². The van der Waals surface area contributed by atoms with Crippen molar-refractivity contribution in [3.8, 4) is 0 Å². The number of carbonyl (C=O) groups excluding carboxylic acids is 1. The van der Waals surface area contributed by atoms with Crippen LogP contribution in [0, 0.1) is 17.8 Å². The van der Waals surface area contributed by atoms with Gasteiger partial charge in [-0.25, -0.2) is 0 Å². The van der Waals surface area contributed by atoms with Gasteiger partial charge in [0.15, 0.2) is 0 Å². The van der Waals surface area contributed by atoms with Gasteiger partial charge in [-0.1, -0.05) is 66.2 Å². The monoisotopic (exact) mass is 256 g/mol. The van der Waals surface area contributed by atoms with Crippen LogP contribution in [0.4, 0.5) is 0 Å². The molecule has 0 amide bonds. The molecule has 0 fully saturated rings. The average molecular weight is 256 g/mol. The van der Waals surface area contributed by atoms with Crippen LogP contribution in [0.5, 0.6) is 0 Å². The number of hydrogen-bond donors (Lipinski definition) is 0. The Morgan fingerprint density at radius 3 is 1.83 bits per heavy atom. The predicted octanol–water partition coefficient (Wildman–Crippen LogP) is 4.82. The van der Waals surface area contributed by atoms with Gasteiger partial charge in [-0.05, 0) is 24.2 Å². The minimum Gasteiger partial charge on any atom is -0.468 e. The van der Waals surface area contributed by atoms with Gasteiger partial charge in [0.05, 0.1) is 6.61 Å². The first kappa shape index (κ1) is 17.5. The zero-order chi connectivity index (χ0) is 13.8. The molecule has 0 aliphatic carbocycles. The standard InChI is InChI=1S/C16H32O2/c1-14(2)7-5-8-15(3)9-6-10-16(4)11-12-18-13-17/h13-16H,5-12H2,1-4H3. The molecule has 2 heteroatoms. The summed E-state index contributed by atoms with van der Waals surface area (Å²) < 4.78 is 4.73. The van der Waals surface area contributed by atoms with Crippen LogP contribution in [0.3, 0.4) is 0 Å². The van der Waals surface area contributed by atoms with Crippen LogP contribution < -0.4 is 0 Å². The van der Waals surface area contributed by atoms with E-state index in [-0.39, 0.29) is 0 Å². The van der Waals surface area contributed by atoms with Gasteiger partial charge in [-0.2, -0.15) is 0 Å². The third-order valence-electron chi connectivity index (χ3n) is 3.67. The molecular weight excluding hydrogens is 224 g/mol. The Labute approximate surface area is 113 Å². The van der Waals surface area contributed by atoms with E-state index in [0.29, 0.717) is 19.0 Å². The van der Waals surface area contributed by atoms with Crippen LogP contribution in [0.2, 0.25) is 0 Å². The first-order valence-corrected chi connectivity index (χ1v) is 7.61. The molecule has 108 valence electrons. The third-order valence-corrected chi connectivity index (χ3v) is 3.67. The van der Waals surface area contributed by atoms with Gasteiger partial charge in [0.25, 0.3) is 6.47 Å². The molecule has 2 unspecified atom stereocenters. The summed E-state index contributed by atoms with van der Waals surface area (Å²) in [5, 5.41) is 0. The lowest BCUT2D eigenvalue weighted by atomic mass is 9.93. The first-order valence-electron chi connectivity index (χ1n) is 7.61. The van der Waals surface area contributed by atoms with E-state index in [2.05, 4.69) is 27.7 Å². The van der Waals surface area contributed by atoms with Crippen molar-refractivity contribution in [3.05, 3.63) is 0 Å². The van der Waals surface area contributed by atoms with Crippen molar-refractivity contribution in [1.82, 2.24) is 0 Å². The van der Waals surface area contributed by atoms with Crippen molar-refractivity contribution in [2.24, 2.45) is 17.8 Å². The fraction of sp³-hybridized carbons (Fsp3) is 0.938. The lowest BCUT2D eigenvalue weighted by Gasteiger charge is -2.14. The van der Waals surface area contributed by atoms with E-state index in [1.54, 1.807) is 0 Å². The molecule has 0 spiro atoms. The van der Waals surface area contributed by atoms with E-state index < -0.39 is 0 Å².